The monoisotopic (exact) mass is 180 g/mol. The van der Waals surface area contributed by atoms with Crippen LogP contribution < -0.4 is 0 Å². The second-order valence-corrected chi connectivity index (χ2v) is 2.62. The van der Waals surface area contributed by atoms with E-state index in [1.54, 1.807) is 0 Å². The Hall–Kier alpha value is -0.271. The number of rotatable bonds is 2. The third-order valence-electron chi connectivity index (χ3n) is 0.541. The third-order valence-corrected chi connectivity index (χ3v) is 1.40. The van der Waals surface area contributed by atoms with Crippen LogP contribution in [0, 0.1) is 0 Å². The van der Waals surface area contributed by atoms with E-state index in [2.05, 4.69) is 4.74 Å². The van der Waals surface area contributed by atoms with Gasteiger partial charge in [-0.05, 0) is 0 Å². The van der Waals surface area contributed by atoms with Crippen LogP contribution in [0.2, 0.25) is 5.82 Å². The van der Waals surface area contributed by atoms with Gasteiger partial charge in [-0.2, -0.15) is 0 Å². The summed E-state index contributed by atoms with van der Waals surface area (Å²) in [5.74, 6) is 1.75. The van der Waals surface area contributed by atoms with Crippen molar-refractivity contribution in [3.05, 3.63) is 11.1 Å². The van der Waals surface area contributed by atoms with Crippen molar-refractivity contribution in [2.24, 2.45) is 0 Å². The summed E-state index contributed by atoms with van der Waals surface area (Å²) in [5.41, 5.74) is 0. The first-order chi connectivity index (χ1) is 3.81. The molecule has 0 aromatic rings. The Morgan fingerprint density at radius 3 is 2.75 bits per heavy atom. The van der Waals surface area contributed by atoms with Crippen LogP contribution >= 0.6 is 0 Å². The van der Waals surface area contributed by atoms with Crippen molar-refractivity contribution < 1.29 is 9.53 Å². The molecule has 0 saturated carbocycles. The maximum atomic E-state index is 10.3. The van der Waals surface area contributed by atoms with E-state index in [4.69, 9.17) is 0 Å². The van der Waals surface area contributed by atoms with Gasteiger partial charge in [-0.15, -0.1) is 0 Å². The predicted octanol–water partition coefficient (Wildman–Crippen LogP) is 0.425. The van der Waals surface area contributed by atoms with Gasteiger partial charge in [-0.25, -0.2) is 0 Å². The van der Waals surface area contributed by atoms with Gasteiger partial charge >= 0.3 is 54.4 Å². The van der Waals surface area contributed by atoms with Crippen molar-refractivity contribution in [3.8, 4) is 0 Å². The SMILES string of the molecule is COC(=O)/C=C/[Se]C. The molecule has 2 nitrogen and oxygen atoms in total. The average molecular weight is 179 g/mol. The van der Waals surface area contributed by atoms with Crippen LogP contribution in [0.3, 0.4) is 0 Å². The molecule has 0 aromatic carbocycles. The molecule has 0 fully saturated rings. The van der Waals surface area contributed by atoms with Gasteiger partial charge in [-0.1, -0.05) is 0 Å². The number of hydrogen-bond donors (Lipinski definition) is 0. The molecule has 0 aromatic heterocycles. The first-order valence-corrected chi connectivity index (χ1v) is 4.78. The molecule has 0 amide bonds. The Morgan fingerprint density at radius 2 is 2.38 bits per heavy atom. The fourth-order valence-corrected chi connectivity index (χ4v) is 0.710. The molecular weight excluding hydrogens is 171 g/mol. The molecule has 0 aliphatic rings. The van der Waals surface area contributed by atoms with E-state index in [-0.39, 0.29) is 5.97 Å². The molecule has 0 spiro atoms. The number of esters is 1. The topological polar surface area (TPSA) is 26.3 Å². The summed E-state index contributed by atoms with van der Waals surface area (Å²) in [6, 6.07) is 0. The Labute approximate surface area is 55.1 Å². The molecule has 8 heavy (non-hydrogen) atoms. The van der Waals surface area contributed by atoms with Crippen molar-refractivity contribution in [1.29, 1.82) is 0 Å². The molecular formula is C5H8O2Se. The van der Waals surface area contributed by atoms with Crippen molar-refractivity contribution in [2.75, 3.05) is 7.11 Å². The van der Waals surface area contributed by atoms with E-state index >= 15 is 0 Å². The number of carbonyl (C=O) groups excluding carboxylic acids is 1. The number of methoxy groups -OCH3 is 1. The normalized spacial score (nSPS) is 9.75. The summed E-state index contributed by atoms with van der Waals surface area (Å²) in [4.78, 5) is 12.1. The summed E-state index contributed by atoms with van der Waals surface area (Å²) in [6.45, 7) is 0. The van der Waals surface area contributed by atoms with E-state index in [9.17, 15) is 4.79 Å². The third kappa shape index (κ3) is 3.90. The molecule has 0 unspecified atom stereocenters. The zero-order valence-corrected chi connectivity index (χ0v) is 6.59. The van der Waals surface area contributed by atoms with Gasteiger partial charge in [0.15, 0.2) is 0 Å². The minimum atomic E-state index is -0.270. The van der Waals surface area contributed by atoms with Crippen LogP contribution in [0.25, 0.3) is 0 Å². The fourth-order valence-electron chi connectivity index (χ4n) is 0.192. The summed E-state index contributed by atoms with van der Waals surface area (Å²) < 4.78 is 4.34. The molecule has 46 valence electrons. The first-order valence-electron chi connectivity index (χ1n) is 2.08. The minimum absolute atomic E-state index is 0.270. The van der Waals surface area contributed by atoms with Gasteiger partial charge in [0.2, 0.25) is 0 Å². The number of hydrogen-bond acceptors (Lipinski definition) is 2. The Bertz CT molecular complexity index is 98.6. The summed E-state index contributed by atoms with van der Waals surface area (Å²) >= 11 is 0.425. The molecule has 0 radical (unpaired) electrons. The standard InChI is InChI=1S/C5H8O2Se/c1-7-5(6)3-4-8-2/h3-4H,1-2H3/b4-3+. The van der Waals surface area contributed by atoms with E-state index in [0.717, 1.165) is 0 Å². The summed E-state index contributed by atoms with van der Waals surface area (Å²) in [7, 11) is 1.37. The molecule has 0 aliphatic heterocycles. The van der Waals surface area contributed by atoms with Crippen LogP contribution in [0.4, 0.5) is 0 Å². The van der Waals surface area contributed by atoms with Gasteiger partial charge in [0, 0.05) is 0 Å². The second kappa shape index (κ2) is 4.88. The molecule has 0 saturated heterocycles. The Kier molecular flexibility index (Phi) is 4.71. The summed E-state index contributed by atoms with van der Waals surface area (Å²) in [6.07, 6.45) is 1.44. The van der Waals surface area contributed by atoms with Gasteiger partial charge in [0.1, 0.15) is 0 Å². The second-order valence-electron chi connectivity index (χ2n) is 1.06. The molecule has 0 bridgehead atoms. The van der Waals surface area contributed by atoms with Crippen LogP contribution in [-0.4, -0.2) is 28.0 Å². The number of carbonyl (C=O) groups is 1. The van der Waals surface area contributed by atoms with Gasteiger partial charge < -0.3 is 0 Å². The molecule has 0 atom stereocenters. The predicted molar refractivity (Wildman–Crippen MR) is 32.8 cm³/mol. The zero-order valence-electron chi connectivity index (χ0n) is 4.88. The van der Waals surface area contributed by atoms with E-state index in [1.165, 1.54) is 13.2 Å². The molecule has 0 rings (SSSR count). The molecule has 0 N–H and O–H groups in total. The maximum absolute atomic E-state index is 10.3. The zero-order chi connectivity index (χ0) is 6.41. The average Bonchev–Trinajstić information content (AvgIpc) is 1.83. The van der Waals surface area contributed by atoms with Gasteiger partial charge in [-0.3, -0.25) is 0 Å². The van der Waals surface area contributed by atoms with Gasteiger partial charge in [0.05, 0.1) is 0 Å². The van der Waals surface area contributed by atoms with Crippen LogP contribution in [-0.2, 0) is 9.53 Å². The fraction of sp³-hybridized carbons (Fsp3) is 0.400. The first kappa shape index (κ1) is 7.73. The van der Waals surface area contributed by atoms with Crippen LogP contribution in [0.1, 0.15) is 0 Å². The van der Waals surface area contributed by atoms with E-state index in [0.29, 0.717) is 15.0 Å². The van der Waals surface area contributed by atoms with Crippen molar-refractivity contribution in [3.63, 3.8) is 0 Å². The van der Waals surface area contributed by atoms with Crippen molar-refractivity contribution in [2.45, 2.75) is 5.82 Å². The van der Waals surface area contributed by atoms with Crippen molar-refractivity contribution in [1.82, 2.24) is 0 Å². The van der Waals surface area contributed by atoms with Crippen molar-refractivity contribution >= 4 is 20.9 Å². The van der Waals surface area contributed by atoms with Crippen LogP contribution in [0.15, 0.2) is 11.1 Å². The van der Waals surface area contributed by atoms with Crippen LogP contribution in [0.5, 0.6) is 0 Å². The Morgan fingerprint density at radius 1 is 1.75 bits per heavy atom. The molecule has 0 aliphatic carbocycles. The summed E-state index contributed by atoms with van der Waals surface area (Å²) in [5, 5.41) is 0. The number of ether oxygens (including phenoxy) is 1. The molecule has 3 heteroatoms. The van der Waals surface area contributed by atoms with E-state index in [1.807, 2.05) is 10.8 Å². The molecule has 0 heterocycles. The van der Waals surface area contributed by atoms with E-state index < -0.39 is 0 Å². The quantitative estimate of drug-likeness (QED) is 0.349. The Balaban J connectivity index is 3.37. The van der Waals surface area contributed by atoms with Gasteiger partial charge in [0.25, 0.3) is 0 Å².